The van der Waals surface area contributed by atoms with E-state index >= 15 is 0 Å². The van der Waals surface area contributed by atoms with E-state index in [4.69, 9.17) is 4.84 Å². The van der Waals surface area contributed by atoms with Crippen LogP contribution in [0, 0.1) is 6.92 Å². The lowest BCUT2D eigenvalue weighted by molar-refractivity contribution is -0.115. The molecule has 0 saturated heterocycles. The Morgan fingerprint density at radius 3 is 2.71 bits per heavy atom. The molecule has 0 aromatic heterocycles. The maximum Gasteiger partial charge on any atom is 0.251 e. The average Bonchev–Trinajstić information content (AvgIpc) is 2.60. The van der Waals surface area contributed by atoms with Gasteiger partial charge in [0.1, 0.15) is 6.10 Å². The Morgan fingerprint density at radius 1 is 1.25 bits per heavy atom. The summed E-state index contributed by atoms with van der Waals surface area (Å²) in [7, 11) is 1.58. The van der Waals surface area contributed by atoms with Gasteiger partial charge >= 0.3 is 0 Å². The third-order valence-electron chi connectivity index (χ3n) is 3.71. The minimum Gasteiger partial charge on any atom is -0.388 e. The highest BCUT2D eigenvalue weighted by atomic mass is 16.6. The third kappa shape index (κ3) is 4.32. The van der Waals surface area contributed by atoms with E-state index in [2.05, 4.69) is 23.1 Å². The van der Waals surface area contributed by atoms with Gasteiger partial charge in [-0.1, -0.05) is 65.8 Å². The van der Waals surface area contributed by atoms with E-state index in [1.807, 2.05) is 56.3 Å². The van der Waals surface area contributed by atoms with Crippen LogP contribution in [0.4, 0.5) is 0 Å². The fraction of sp³-hybridized carbons (Fsp3) is 0.200. The van der Waals surface area contributed by atoms with Gasteiger partial charge in [-0.25, -0.2) is 0 Å². The van der Waals surface area contributed by atoms with Crippen molar-refractivity contribution in [1.82, 2.24) is 5.32 Å². The van der Waals surface area contributed by atoms with Crippen LogP contribution in [0.5, 0.6) is 0 Å². The molecule has 2 aromatic rings. The Balaban J connectivity index is 2.12. The van der Waals surface area contributed by atoms with E-state index in [9.17, 15) is 4.79 Å². The van der Waals surface area contributed by atoms with Gasteiger partial charge in [0.05, 0.1) is 6.21 Å². The van der Waals surface area contributed by atoms with Crippen molar-refractivity contribution in [2.24, 2.45) is 5.16 Å². The number of benzene rings is 2. The summed E-state index contributed by atoms with van der Waals surface area (Å²) in [5.41, 5.74) is 4.15. The highest BCUT2D eigenvalue weighted by molar-refractivity contribution is 6.20. The Labute approximate surface area is 142 Å². The van der Waals surface area contributed by atoms with Crippen LogP contribution >= 0.6 is 0 Å². The van der Waals surface area contributed by atoms with Gasteiger partial charge in [-0.2, -0.15) is 0 Å². The summed E-state index contributed by atoms with van der Waals surface area (Å²) in [4.78, 5) is 17.3. The zero-order valence-corrected chi connectivity index (χ0v) is 14.2. The van der Waals surface area contributed by atoms with Crippen LogP contribution in [-0.2, 0) is 9.63 Å². The van der Waals surface area contributed by atoms with Crippen LogP contribution in [-0.4, -0.2) is 19.2 Å². The average molecular weight is 322 g/mol. The molecule has 0 saturated carbocycles. The predicted molar refractivity (Wildman–Crippen MR) is 97.8 cm³/mol. The largest absolute Gasteiger partial charge is 0.388 e. The number of hydrogen-bond acceptors (Lipinski definition) is 3. The number of nitrogens with zero attached hydrogens (tertiary/aromatic N) is 1. The molecule has 0 radical (unpaired) electrons. The van der Waals surface area contributed by atoms with E-state index in [1.54, 1.807) is 13.3 Å². The van der Waals surface area contributed by atoms with Crippen LogP contribution in [0.1, 0.15) is 35.3 Å². The molecule has 24 heavy (non-hydrogen) atoms. The molecule has 1 amide bonds. The summed E-state index contributed by atoms with van der Waals surface area (Å²) in [5.74, 6) is -0.218. The maximum absolute atomic E-state index is 11.8. The van der Waals surface area contributed by atoms with E-state index in [1.165, 1.54) is 5.56 Å². The number of carbonyl (C=O) groups excluding carboxylic acids is 1. The Morgan fingerprint density at radius 2 is 2.00 bits per heavy atom. The zero-order valence-electron chi connectivity index (χ0n) is 14.2. The molecular formula is C20H22N2O2. The minimum absolute atomic E-state index is 0.157. The van der Waals surface area contributed by atoms with E-state index in [0.29, 0.717) is 5.57 Å². The molecule has 0 aliphatic rings. The first-order valence-electron chi connectivity index (χ1n) is 7.79. The summed E-state index contributed by atoms with van der Waals surface area (Å²) in [5, 5.41) is 6.66. The molecule has 124 valence electrons. The molecular weight excluding hydrogens is 300 g/mol. The molecule has 4 nitrogen and oxygen atoms in total. The van der Waals surface area contributed by atoms with Gasteiger partial charge in [0.2, 0.25) is 0 Å². The maximum atomic E-state index is 11.8. The Hall–Kier alpha value is -2.88. The van der Waals surface area contributed by atoms with Crippen molar-refractivity contribution in [2.75, 3.05) is 7.05 Å². The van der Waals surface area contributed by atoms with Crippen molar-refractivity contribution in [2.45, 2.75) is 20.0 Å². The predicted octanol–water partition coefficient (Wildman–Crippen LogP) is 3.87. The van der Waals surface area contributed by atoms with Crippen LogP contribution < -0.4 is 5.32 Å². The van der Waals surface area contributed by atoms with Gasteiger partial charge < -0.3 is 10.2 Å². The molecule has 1 unspecified atom stereocenters. The summed E-state index contributed by atoms with van der Waals surface area (Å²) in [6.45, 7) is 7.83. The standard InChI is InChI=1S/C20H22N2O2/c1-14-8-7-10-17(12-14)16(3)24-22-13-18-9-5-6-11-19(18)15(2)20(23)21-4/h5-13,16H,2H2,1,3-4H3,(H,21,23)/b22-13-. The molecule has 1 N–H and O–H groups in total. The topological polar surface area (TPSA) is 50.7 Å². The number of oxime groups is 1. The smallest absolute Gasteiger partial charge is 0.251 e. The SMILES string of the molecule is C=C(C(=O)NC)c1ccccc1/C=N\OC(C)c1cccc(C)c1. The van der Waals surface area contributed by atoms with Crippen molar-refractivity contribution >= 4 is 17.7 Å². The summed E-state index contributed by atoms with van der Waals surface area (Å²) in [6, 6.07) is 15.6. The second-order valence-corrected chi connectivity index (χ2v) is 5.54. The number of rotatable bonds is 6. The lowest BCUT2D eigenvalue weighted by Gasteiger charge is -2.11. The summed E-state index contributed by atoms with van der Waals surface area (Å²) < 4.78 is 0. The first-order valence-corrected chi connectivity index (χ1v) is 7.79. The fourth-order valence-electron chi connectivity index (χ4n) is 2.32. The highest BCUT2D eigenvalue weighted by Crippen LogP contribution is 2.19. The van der Waals surface area contributed by atoms with Gasteiger partial charge in [0.15, 0.2) is 0 Å². The number of nitrogens with one attached hydrogen (secondary N) is 1. The van der Waals surface area contributed by atoms with Crippen molar-refractivity contribution < 1.29 is 9.63 Å². The molecule has 2 rings (SSSR count). The van der Waals surface area contributed by atoms with Crippen molar-refractivity contribution in [3.8, 4) is 0 Å². The summed E-state index contributed by atoms with van der Waals surface area (Å²) >= 11 is 0. The molecule has 0 heterocycles. The number of amides is 1. The fourth-order valence-corrected chi connectivity index (χ4v) is 2.32. The number of aryl methyl sites for hydroxylation is 1. The van der Waals surface area contributed by atoms with Crippen molar-refractivity contribution in [3.05, 3.63) is 77.4 Å². The highest BCUT2D eigenvalue weighted by Gasteiger charge is 2.11. The molecule has 0 aliphatic heterocycles. The van der Waals surface area contributed by atoms with E-state index in [-0.39, 0.29) is 12.0 Å². The number of carbonyl (C=O) groups is 1. The Bertz CT molecular complexity index is 766. The van der Waals surface area contributed by atoms with Gasteiger partial charge in [0, 0.05) is 18.2 Å². The van der Waals surface area contributed by atoms with E-state index < -0.39 is 0 Å². The zero-order chi connectivity index (χ0) is 17.5. The lowest BCUT2D eigenvalue weighted by atomic mass is 10.0. The molecule has 0 spiro atoms. The first kappa shape index (κ1) is 17.5. The van der Waals surface area contributed by atoms with Crippen LogP contribution in [0.15, 0.2) is 60.3 Å². The van der Waals surface area contributed by atoms with Gasteiger partial charge in [-0.15, -0.1) is 0 Å². The normalized spacial score (nSPS) is 12.0. The number of hydrogen-bond donors (Lipinski definition) is 1. The third-order valence-corrected chi connectivity index (χ3v) is 3.71. The molecule has 4 heteroatoms. The van der Waals surface area contributed by atoms with E-state index in [0.717, 1.165) is 16.7 Å². The second kappa shape index (κ2) is 8.11. The van der Waals surface area contributed by atoms with Crippen molar-refractivity contribution in [1.29, 1.82) is 0 Å². The lowest BCUT2D eigenvalue weighted by Crippen LogP contribution is -2.19. The Kier molecular flexibility index (Phi) is 5.90. The molecule has 0 fully saturated rings. The van der Waals surface area contributed by atoms with Gasteiger partial charge in [0.25, 0.3) is 5.91 Å². The molecule has 0 aliphatic carbocycles. The van der Waals surface area contributed by atoms with Crippen LogP contribution in [0.2, 0.25) is 0 Å². The number of likely N-dealkylation sites (N-methyl/N-ethyl adjacent to an activating group) is 1. The first-order chi connectivity index (χ1) is 11.5. The van der Waals surface area contributed by atoms with Crippen LogP contribution in [0.25, 0.3) is 5.57 Å². The van der Waals surface area contributed by atoms with Gasteiger partial charge in [-0.3, -0.25) is 4.79 Å². The molecule has 1 atom stereocenters. The monoisotopic (exact) mass is 322 g/mol. The summed E-state index contributed by atoms with van der Waals surface area (Å²) in [6.07, 6.45) is 1.45. The molecule has 0 bridgehead atoms. The molecule has 2 aromatic carbocycles. The minimum atomic E-state index is -0.218. The van der Waals surface area contributed by atoms with Crippen molar-refractivity contribution in [3.63, 3.8) is 0 Å². The quantitative estimate of drug-likeness (QED) is 0.499. The van der Waals surface area contributed by atoms with Gasteiger partial charge in [-0.05, 0) is 25.0 Å². The second-order valence-electron chi connectivity index (χ2n) is 5.54. The van der Waals surface area contributed by atoms with Crippen LogP contribution in [0.3, 0.4) is 0 Å².